The van der Waals surface area contributed by atoms with E-state index in [2.05, 4.69) is 13.0 Å². The molecule has 0 aromatic carbocycles. The Morgan fingerprint density at radius 1 is 1.54 bits per heavy atom. The molecule has 0 spiro atoms. The van der Waals surface area contributed by atoms with Crippen LogP contribution in [0.15, 0.2) is 11.6 Å². The van der Waals surface area contributed by atoms with Crippen LogP contribution in [0, 0.1) is 0 Å². The van der Waals surface area contributed by atoms with Crippen molar-refractivity contribution in [3.05, 3.63) is 11.6 Å². The minimum absolute atomic E-state index is 0.337. The quantitative estimate of drug-likeness (QED) is 0.556. The number of hydrogen-bond acceptors (Lipinski definition) is 2. The van der Waals surface area contributed by atoms with Gasteiger partial charge in [0, 0.05) is 6.04 Å². The van der Waals surface area contributed by atoms with E-state index in [1.807, 2.05) is 11.8 Å². The Kier molecular flexibility index (Phi) is 5.56. The number of thioether (sulfide) groups is 1. The fourth-order valence-electron chi connectivity index (χ4n) is 1.76. The Labute approximate surface area is 86.2 Å². The standard InChI is InChI=1S/C11H21NS/c1-2-13-8-7-10-5-3-4-6-11(12)9-10/h9,11H,2-8,12H2,1H3. The molecule has 0 aromatic heterocycles. The molecule has 0 saturated carbocycles. The first-order valence-electron chi connectivity index (χ1n) is 5.36. The highest BCUT2D eigenvalue weighted by Gasteiger charge is 2.07. The lowest BCUT2D eigenvalue weighted by Crippen LogP contribution is -2.15. The fourth-order valence-corrected chi connectivity index (χ4v) is 2.45. The Morgan fingerprint density at radius 3 is 3.15 bits per heavy atom. The van der Waals surface area contributed by atoms with Gasteiger partial charge in [-0.15, -0.1) is 0 Å². The largest absolute Gasteiger partial charge is 0.324 e. The molecule has 1 nitrogen and oxygen atoms in total. The van der Waals surface area contributed by atoms with Crippen LogP contribution >= 0.6 is 11.8 Å². The van der Waals surface area contributed by atoms with Crippen molar-refractivity contribution >= 4 is 11.8 Å². The van der Waals surface area contributed by atoms with Gasteiger partial charge in [-0.05, 0) is 37.2 Å². The Morgan fingerprint density at radius 2 is 2.38 bits per heavy atom. The molecule has 13 heavy (non-hydrogen) atoms. The number of rotatable bonds is 4. The molecule has 0 bridgehead atoms. The van der Waals surface area contributed by atoms with Crippen molar-refractivity contribution < 1.29 is 0 Å². The second kappa shape index (κ2) is 6.50. The van der Waals surface area contributed by atoms with Crippen LogP contribution in [0.25, 0.3) is 0 Å². The summed E-state index contributed by atoms with van der Waals surface area (Å²) in [5.41, 5.74) is 7.55. The van der Waals surface area contributed by atoms with E-state index in [0.29, 0.717) is 6.04 Å². The molecule has 0 fully saturated rings. The van der Waals surface area contributed by atoms with E-state index in [4.69, 9.17) is 5.73 Å². The minimum atomic E-state index is 0.337. The molecule has 0 aromatic rings. The zero-order valence-electron chi connectivity index (χ0n) is 8.59. The van der Waals surface area contributed by atoms with Gasteiger partial charge >= 0.3 is 0 Å². The van der Waals surface area contributed by atoms with Gasteiger partial charge in [0.1, 0.15) is 0 Å². The third-order valence-electron chi connectivity index (χ3n) is 2.51. The zero-order valence-corrected chi connectivity index (χ0v) is 9.41. The van der Waals surface area contributed by atoms with Crippen molar-refractivity contribution in [3.63, 3.8) is 0 Å². The van der Waals surface area contributed by atoms with Crippen molar-refractivity contribution in [3.8, 4) is 0 Å². The molecule has 0 saturated heterocycles. The Hall–Kier alpha value is 0.0500. The van der Waals surface area contributed by atoms with Gasteiger partial charge in [-0.25, -0.2) is 0 Å². The van der Waals surface area contributed by atoms with Gasteiger partial charge in [0.15, 0.2) is 0 Å². The second-order valence-electron chi connectivity index (χ2n) is 3.68. The molecule has 1 rings (SSSR count). The first kappa shape index (κ1) is 11.1. The first-order chi connectivity index (χ1) is 6.33. The van der Waals surface area contributed by atoms with Gasteiger partial charge in [-0.3, -0.25) is 0 Å². The molecule has 1 aliphatic carbocycles. The van der Waals surface area contributed by atoms with Gasteiger partial charge in [-0.1, -0.05) is 25.0 Å². The minimum Gasteiger partial charge on any atom is -0.324 e. The summed E-state index contributed by atoms with van der Waals surface area (Å²) in [5.74, 6) is 2.51. The second-order valence-corrected chi connectivity index (χ2v) is 5.08. The maximum absolute atomic E-state index is 5.95. The summed E-state index contributed by atoms with van der Waals surface area (Å²) in [6.45, 7) is 2.22. The first-order valence-corrected chi connectivity index (χ1v) is 6.51. The number of nitrogens with two attached hydrogens (primary N) is 1. The molecule has 1 unspecified atom stereocenters. The summed E-state index contributed by atoms with van der Waals surface area (Å²) in [4.78, 5) is 0. The van der Waals surface area contributed by atoms with E-state index < -0.39 is 0 Å². The van der Waals surface area contributed by atoms with Crippen molar-refractivity contribution in [2.24, 2.45) is 5.73 Å². The van der Waals surface area contributed by atoms with Crippen LogP contribution < -0.4 is 5.73 Å². The van der Waals surface area contributed by atoms with Crippen molar-refractivity contribution in [2.45, 2.75) is 45.1 Å². The number of hydrogen-bond donors (Lipinski definition) is 1. The van der Waals surface area contributed by atoms with Crippen LogP contribution in [0.5, 0.6) is 0 Å². The maximum Gasteiger partial charge on any atom is 0.0226 e. The third-order valence-corrected chi connectivity index (χ3v) is 3.41. The highest BCUT2D eigenvalue weighted by molar-refractivity contribution is 7.99. The lowest BCUT2D eigenvalue weighted by molar-refractivity contribution is 0.654. The lowest BCUT2D eigenvalue weighted by atomic mass is 10.1. The van der Waals surface area contributed by atoms with E-state index in [1.54, 1.807) is 5.57 Å². The SMILES string of the molecule is CCSCCC1=CC(N)CCCC1. The molecule has 1 aliphatic rings. The topological polar surface area (TPSA) is 26.0 Å². The molecular formula is C11H21NS. The molecule has 0 amide bonds. The van der Waals surface area contributed by atoms with Gasteiger partial charge in [0.05, 0.1) is 0 Å². The molecule has 0 heterocycles. The monoisotopic (exact) mass is 199 g/mol. The summed E-state index contributed by atoms with van der Waals surface area (Å²) < 4.78 is 0. The molecule has 2 N–H and O–H groups in total. The molecule has 0 aliphatic heterocycles. The van der Waals surface area contributed by atoms with Gasteiger partial charge in [-0.2, -0.15) is 11.8 Å². The van der Waals surface area contributed by atoms with Gasteiger partial charge in [0.2, 0.25) is 0 Å². The summed E-state index contributed by atoms with van der Waals surface area (Å²) in [5, 5.41) is 0. The Bertz CT molecular complexity index is 165. The number of allylic oxidation sites excluding steroid dienone is 1. The average molecular weight is 199 g/mol. The van der Waals surface area contributed by atoms with Crippen LogP contribution in [0.2, 0.25) is 0 Å². The molecule has 0 radical (unpaired) electrons. The van der Waals surface area contributed by atoms with Crippen LogP contribution in [0.1, 0.15) is 39.0 Å². The van der Waals surface area contributed by atoms with E-state index in [9.17, 15) is 0 Å². The van der Waals surface area contributed by atoms with Crippen LogP contribution in [-0.2, 0) is 0 Å². The predicted molar refractivity (Wildman–Crippen MR) is 62.1 cm³/mol. The Balaban J connectivity index is 2.28. The van der Waals surface area contributed by atoms with E-state index in [1.165, 1.54) is 43.6 Å². The van der Waals surface area contributed by atoms with Crippen LogP contribution in [-0.4, -0.2) is 17.5 Å². The highest BCUT2D eigenvalue weighted by Crippen LogP contribution is 2.20. The fraction of sp³-hybridized carbons (Fsp3) is 0.818. The van der Waals surface area contributed by atoms with Crippen molar-refractivity contribution in [1.82, 2.24) is 0 Å². The summed E-state index contributed by atoms with van der Waals surface area (Å²) in [7, 11) is 0. The van der Waals surface area contributed by atoms with Gasteiger partial charge < -0.3 is 5.73 Å². The van der Waals surface area contributed by atoms with E-state index in [-0.39, 0.29) is 0 Å². The smallest absolute Gasteiger partial charge is 0.0226 e. The third kappa shape index (κ3) is 4.72. The lowest BCUT2D eigenvalue weighted by Gasteiger charge is -2.05. The molecule has 1 atom stereocenters. The van der Waals surface area contributed by atoms with E-state index >= 15 is 0 Å². The average Bonchev–Trinajstić information content (AvgIpc) is 2.31. The van der Waals surface area contributed by atoms with Gasteiger partial charge in [0.25, 0.3) is 0 Å². The summed E-state index contributed by atoms with van der Waals surface area (Å²) in [6.07, 6.45) is 8.69. The maximum atomic E-state index is 5.95. The molecular weight excluding hydrogens is 178 g/mol. The molecule has 2 heteroatoms. The highest BCUT2D eigenvalue weighted by atomic mass is 32.2. The van der Waals surface area contributed by atoms with Crippen molar-refractivity contribution in [2.75, 3.05) is 11.5 Å². The predicted octanol–water partition coefficient (Wildman–Crippen LogP) is 2.96. The summed E-state index contributed by atoms with van der Waals surface area (Å²) >= 11 is 2.03. The normalized spacial score (nSPS) is 23.8. The van der Waals surface area contributed by atoms with Crippen LogP contribution in [0.4, 0.5) is 0 Å². The summed E-state index contributed by atoms with van der Waals surface area (Å²) in [6, 6.07) is 0.337. The molecule has 76 valence electrons. The van der Waals surface area contributed by atoms with Crippen molar-refractivity contribution in [1.29, 1.82) is 0 Å². The zero-order chi connectivity index (χ0) is 9.52. The van der Waals surface area contributed by atoms with Crippen LogP contribution in [0.3, 0.4) is 0 Å². The van der Waals surface area contributed by atoms with E-state index in [0.717, 1.165) is 0 Å².